The predicted octanol–water partition coefficient (Wildman–Crippen LogP) is 2.91. The van der Waals surface area contributed by atoms with E-state index in [1.165, 1.54) is 0 Å². The Labute approximate surface area is 122 Å². The van der Waals surface area contributed by atoms with Crippen molar-refractivity contribution >= 4 is 0 Å². The van der Waals surface area contributed by atoms with Gasteiger partial charge in [0.05, 0.1) is 19.8 Å². The first-order valence-electron chi connectivity index (χ1n) is 7.32. The van der Waals surface area contributed by atoms with E-state index in [2.05, 4.69) is 6.92 Å². The Kier molecular flexibility index (Phi) is 7.41. The summed E-state index contributed by atoms with van der Waals surface area (Å²) in [4.78, 5) is 0. The van der Waals surface area contributed by atoms with Gasteiger partial charge in [0, 0.05) is 18.7 Å². The zero-order valence-corrected chi connectivity index (χ0v) is 13.1. The molecule has 1 aromatic rings. The van der Waals surface area contributed by atoms with Crippen LogP contribution in [0.5, 0.6) is 11.5 Å². The molecule has 0 saturated carbocycles. The van der Waals surface area contributed by atoms with Crippen molar-refractivity contribution in [2.45, 2.75) is 46.3 Å². The molecular weight excluding hydrogens is 254 g/mol. The van der Waals surface area contributed by atoms with Crippen LogP contribution in [0.1, 0.15) is 38.3 Å². The highest BCUT2D eigenvalue weighted by molar-refractivity contribution is 5.46. The molecule has 1 aromatic carbocycles. The van der Waals surface area contributed by atoms with Gasteiger partial charge in [-0.25, -0.2) is 0 Å². The average Bonchev–Trinajstić information content (AvgIpc) is 2.43. The third kappa shape index (κ3) is 4.69. The molecule has 0 saturated heterocycles. The highest BCUT2D eigenvalue weighted by Gasteiger charge is 2.14. The minimum atomic E-state index is 0.136. The first-order chi connectivity index (χ1) is 9.65. The fourth-order valence-corrected chi connectivity index (χ4v) is 2.08. The summed E-state index contributed by atoms with van der Waals surface area (Å²) in [5, 5.41) is 0. The van der Waals surface area contributed by atoms with Crippen molar-refractivity contribution in [3.05, 3.63) is 23.3 Å². The highest BCUT2D eigenvalue weighted by atomic mass is 16.5. The normalized spacial score (nSPS) is 12.2. The summed E-state index contributed by atoms with van der Waals surface area (Å²) >= 11 is 0. The van der Waals surface area contributed by atoms with Crippen LogP contribution >= 0.6 is 0 Å². The minimum Gasteiger partial charge on any atom is -0.494 e. The molecule has 4 nitrogen and oxygen atoms in total. The molecule has 1 unspecified atom stereocenters. The van der Waals surface area contributed by atoms with E-state index in [0.717, 1.165) is 35.5 Å². The van der Waals surface area contributed by atoms with Crippen LogP contribution in [-0.4, -0.2) is 26.4 Å². The molecule has 20 heavy (non-hydrogen) atoms. The smallest absolute Gasteiger partial charge is 0.125 e. The van der Waals surface area contributed by atoms with Gasteiger partial charge in [0.1, 0.15) is 11.5 Å². The maximum atomic E-state index is 6.07. The van der Waals surface area contributed by atoms with E-state index in [-0.39, 0.29) is 6.04 Å². The van der Waals surface area contributed by atoms with E-state index < -0.39 is 0 Å². The predicted molar refractivity (Wildman–Crippen MR) is 81.5 cm³/mol. The Morgan fingerprint density at radius 3 is 2.05 bits per heavy atom. The van der Waals surface area contributed by atoms with Crippen LogP contribution in [0.15, 0.2) is 12.1 Å². The average molecular weight is 281 g/mol. The van der Waals surface area contributed by atoms with Crippen LogP contribution in [-0.2, 0) is 17.8 Å². The van der Waals surface area contributed by atoms with Crippen LogP contribution < -0.4 is 15.2 Å². The van der Waals surface area contributed by atoms with E-state index in [1.54, 1.807) is 7.11 Å². The van der Waals surface area contributed by atoms with Crippen LogP contribution in [0.3, 0.4) is 0 Å². The van der Waals surface area contributed by atoms with Crippen molar-refractivity contribution in [2.24, 2.45) is 5.73 Å². The molecule has 0 aliphatic rings. The first kappa shape index (κ1) is 16.8. The van der Waals surface area contributed by atoms with Gasteiger partial charge in [0.15, 0.2) is 0 Å². The largest absolute Gasteiger partial charge is 0.494 e. The zero-order valence-electron chi connectivity index (χ0n) is 13.1. The van der Waals surface area contributed by atoms with Gasteiger partial charge in [-0.3, -0.25) is 0 Å². The van der Waals surface area contributed by atoms with Crippen LogP contribution in [0.2, 0.25) is 0 Å². The topological polar surface area (TPSA) is 53.7 Å². The molecule has 0 fully saturated rings. The Balaban J connectivity index is 3.13. The first-order valence-corrected chi connectivity index (χ1v) is 7.32. The number of nitrogens with two attached hydrogens (primary N) is 1. The third-order valence-electron chi connectivity index (χ3n) is 3.15. The maximum absolute atomic E-state index is 6.07. The summed E-state index contributed by atoms with van der Waals surface area (Å²) in [5.74, 6) is 1.74. The number of benzene rings is 1. The third-order valence-corrected chi connectivity index (χ3v) is 3.15. The molecule has 1 rings (SSSR count). The molecule has 0 radical (unpaired) electrons. The van der Waals surface area contributed by atoms with E-state index >= 15 is 0 Å². The van der Waals surface area contributed by atoms with E-state index in [9.17, 15) is 0 Å². The molecule has 0 aliphatic heterocycles. The summed E-state index contributed by atoms with van der Waals surface area (Å²) in [6.07, 6.45) is 1.73. The zero-order chi connectivity index (χ0) is 15.0. The highest BCUT2D eigenvalue weighted by Crippen LogP contribution is 2.31. The molecule has 0 spiro atoms. The van der Waals surface area contributed by atoms with Crippen molar-refractivity contribution in [3.8, 4) is 11.5 Å². The van der Waals surface area contributed by atoms with Crippen molar-refractivity contribution < 1.29 is 14.2 Å². The van der Waals surface area contributed by atoms with E-state index in [4.69, 9.17) is 19.9 Å². The van der Waals surface area contributed by atoms with E-state index in [0.29, 0.717) is 19.8 Å². The molecule has 0 amide bonds. The molecule has 0 aliphatic carbocycles. The molecule has 0 aromatic heterocycles. The number of hydrogen-bond acceptors (Lipinski definition) is 4. The Morgan fingerprint density at radius 1 is 1.00 bits per heavy atom. The van der Waals surface area contributed by atoms with Gasteiger partial charge in [-0.1, -0.05) is 6.92 Å². The molecule has 0 heterocycles. The monoisotopic (exact) mass is 281 g/mol. The molecule has 114 valence electrons. The molecule has 0 bridgehead atoms. The molecule has 1 atom stereocenters. The molecule has 4 heteroatoms. The van der Waals surface area contributed by atoms with Crippen molar-refractivity contribution in [2.75, 3.05) is 20.3 Å². The summed E-state index contributed by atoms with van der Waals surface area (Å²) in [6.45, 7) is 7.82. The van der Waals surface area contributed by atoms with Gasteiger partial charge in [-0.05, 0) is 44.4 Å². The quantitative estimate of drug-likeness (QED) is 0.756. The second kappa shape index (κ2) is 8.82. The van der Waals surface area contributed by atoms with Gasteiger partial charge in [0.2, 0.25) is 0 Å². The second-order valence-electron chi connectivity index (χ2n) is 4.74. The SMILES string of the molecule is CCOc1cc(CC(N)CC)c(OCC)cc1COC. The van der Waals surface area contributed by atoms with Crippen LogP contribution in [0.25, 0.3) is 0 Å². The lowest BCUT2D eigenvalue weighted by molar-refractivity contribution is 0.179. The Hall–Kier alpha value is -1.26. The lowest BCUT2D eigenvalue weighted by Gasteiger charge is -2.18. The summed E-state index contributed by atoms with van der Waals surface area (Å²) in [7, 11) is 1.68. The van der Waals surface area contributed by atoms with Crippen molar-refractivity contribution in [1.82, 2.24) is 0 Å². The van der Waals surface area contributed by atoms with Crippen LogP contribution in [0.4, 0.5) is 0 Å². The molecule has 2 N–H and O–H groups in total. The Morgan fingerprint density at radius 2 is 1.55 bits per heavy atom. The lowest BCUT2D eigenvalue weighted by Crippen LogP contribution is -2.22. The summed E-state index contributed by atoms with van der Waals surface area (Å²) in [5.41, 5.74) is 8.18. The fourth-order valence-electron chi connectivity index (χ4n) is 2.08. The standard InChI is InChI=1S/C16H27NO3/c1-5-14(17)8-12-9-16(20-7-3)13(11-18-4)10-15(12)19-6-2/h9-10,14H,5-8,11,17H2,1-4H3. The summed E-state index contributed by atoms with van der Waals surface area (Å²) in [6, 6.07) is 4.19. The van der Waals surface area contributed by atoms with Gasteiger partial charge in [0.25, 0.3) is 0 Å². The van der Waals surface area contributed by atoms with E-state index in [1.807, 2.05) is 26.0 Å². The second-order valence-corrected chi connectivity index (χ2v) is 4.74. The lowest BCUT2D eigenvalue weighted by atomic mass is 10.0. The number of hydrogen-bond donors (Lipinski definition) is 1. The summed E-state index contributed by atoms with van der Waals surface area (Å²) < 4.78 is 16.7. The fraction of sp³-hybridized carbons (Fsp3) is 0.625. The van der Waals surface area contributed by atoms with Gasteiger partial charge in [-0.2, -0.15) is 0 Å². The van der Waals surface area contributed by atoms with Gasteiger partial charge < -0.3 is 19.9 Å². The number of ether oxygens (including phenoxy) is 3. The number of methoxy groups -OCH3 is 1. The minimum absolute atomic E-state index is 0.136. The van der Waals surface area contributed by atoms with Crippen LogP contribution in [0, 0.1) is 0 Å². The van der Waals surface area contributed by atoms with Crippen molar-refractivity contribution in [3.63, 3.8) is 0 Å². The Bertz CT molecular complexity index is 407. The van der Waals surface area contributed by atoms with Gasteiger partial charge in [-0.15, -0.1) is 0 Å². The maximum Gasteiger partial charge on any atom is 0.125 e. The number of rotatable bonds is 9. The molecular formula is C16H27NO3. The van der Waals surface area contributed by atoms with Gasteiger partial charge >= 0.3 is 0 Å². The van der Waals surface area contributed by atoms with Crippen molar-refractivity contribution in [1.29, 1.82) is 0 Å².